The first kappa shape index (κ1) is 16.9. The number of phenols is 1. The Balaban J connectivity index is 1.70. The molecule has 2 aromatic carbocycles. The number of allylic oxidation sites excluding steroid dienone is 2. The van der Waals surface area contributed by atoms with Crippen LogP contribution in [0.4, 0.5) is 0 Å². The van der Waals surface area contributed by atoms with Gasteiger partial charge in [0, 0.05) is 23.7 Å². The molecule has 4 nitrogen and oxygen atoms in total. The second-order valence-corrected chi connectivity index (χ2v) is 7.09. The number of fused-ring (bicyclic) bond motifs is 1. The molecule has 24 heavy (non-hydrogen) atoms. The van der Waals surface area contributed by atoms with E-state index < -0.39 is 0 Å². The van der Waals surface area contributed by atoms with Crippen LogP contribution in [0.15, 0.2) is 57.1 Å². The molecule has 6 heteroatoms. The lowest BCUT2D eigenvalue weighted by Gasteiger charge is -2.16. The van der Waals surface area contributed by atoms with Crippen LogP contribution < -0.4 is 5.32 Å². The van der Waals surface area contributed by atoms with Crippen molar-refractivity contribution in [2.75, 3.05) is 6.54 Å². The van der Waals surface area contributed by atoms with Crippen LogP contribution in [0.1, 0.15) is 26.3 Å². The third-order valence-corrected chi connectivity index (χ3v) is 4.97. The number of nitrogens with one attached hydrogen (secondary N) is 1. The summed E-state index contributed by atoms with van der Waals surface area (Å²) in [7, 11) is 0. The second-order valence-electron chi connectivity index (χ2n) is 5.38. The van der Waals surface area contributed by atoms with Gasteiger partial charge in [0.25, 0.3) is 0 Å². The molecule has 2 aromatic rings. The predicted octanol–water partition coefficient (Wildman–Crippen LogP) is 4.01. The molecular weight excluding hydrogens is 438 g/mol. The number of Topliss-reactive ketones (excluding diaryl/α,β-unsaturated/α-hetero) is 1. The van der Waals surface area contributed by atoms with Crippen LogP contribution in [0.3, 0.4) is 0 Å². The van der Waals surface area contributed by atoms with Crippen molar-refractivity contribution in [2.24, 2.45) is 0 Å². The molecule has 0 atom stereocenters. The van der Waals surface area contributed by atoms with Gasteiger partial charge in [-0.25, -0.2) is 0 Å². The highest BCUT2D eigenvalue weighted by Gasteiger charge is 2.24. The second kappa shape index (κ2) is 6.91. The molecule has 0 unspecified atom stereocenters. The number of ketones is 2. The number of phenolic OH excluding ortho intramolecular Hbond substituents is 1. The van der Waals surface area contributed by atoms with Crippen molar-refractivity contribution in [1.82, 2.24) is 5.32 Å². The van der Waals surface area contributed by atoms with Gasteiger partial charge in [-0.1, -0.05) is 24.3 Å². The Hall–Kier alpha value is -1.92. The number of rotatable bonds is 4. The normalized spacial score (nSPS) is 13.5. The minimum absolute atomic E-state index is 0.152. The van der Waals surface area contributed by atoms with E-state index in [2.05, 4.69) is 37.2 Å². The molecule has 2 N–H and O–H groups in total. The summed E-state index contributed by atoms with van der Waals surface area (Å²) < 4.78 is 1.20. The van der Waals surface area contributed by atoms with Crippen molar-refractivity contribution in [3.63, 3.8) is 0 Å². The molecule has 3 rings (SSSR count). The number of hydrogen-bond donors (Lipinski definition) is 2. The van der Waals surface area contributed by atoms with Crippen LogP contribution in [-0.2, 0) is 6.42 Å². The average molecular weight is 451 g/mol. The summed E-state index contributed by atoms with van der Waals surface area (Å²) in [6.07, 6.45) is 1.99. The Morgan fingerprint density at radius 1 is 1.00 bits per heavy atom. The van der Waals surface area contributed by atoms with Crippen molar-refractivity contribution in [3.05, 3.63) is 73.8 Å². The molecule has 0 bridgehead atoms. The van der Waals surface area contributed by atoms with Crippen molar-refractivity contribution in [3.8, 4) is 5.75 Å². The van der Waals surface area contributed by atoms with E-state index in [-0.39, 0.29) is 17.3 Å². The van der Waals surface area contributed by atoms with Gasteiger partial charge < -0.3 is 10.4 Å². The van der Waals surface area contributed by atoms with Gasteiger partial charge in [-0.05, 0) is 56.0 Å². The van der Waals surface area contributed by atoms with Gasteiger partial charge >= 0.3 is 0 Å². The highest BCUT2D eigenvalue weighted by molar-refractivity contribution is 9.11. The van der Waals surface area contributed by atoms with Crippen LogP contribution in [0.2, 0.25) is 0 Å². The van der Waals surface area contributed by atoms with E-state index in [4.69, 9.17) is 0 Å². The molecule has 0 heterocycles. The van der Waals surface area contributed by atoms with Crippen molar-refractivity contribution in [2.45, 2.75) is 6.42 Å². The van der Waals surface area contributed by atoms with Crippen molar-refractivity contribution in [1.29, 1.82) is 0 Å². The van der Waals surface area contributed by atoms with Crippen molar-refractivity contribution >= 4 is 43.4 Å². The molecule has 0 radical (unpaired) electrons. The maximum atomic E-state index is 12.4. The topological polar surface area (TPSA) is 66.4 Å². The van der Waals surface area contributed by atoms with Crippen LogP contribution in [0.25, 0.3) is 0 Å². The molecule has 1 aliphatic rings. The van der Waals surface area contributed by atoms with Gasteiger partial charge in [0.15, 0.2) is 5.78 Å². The number of carbonyl (C=O) groups is 2. The zero-order valence-corrected chi connectivity index (χ0v) is 15.6. The maximum absolute atomic E-state index is 12.4. The summed E-state index contributed by atoms with van der Waals surface area (Å²) in [5.74, 6) is -0.180. The lowest BCUT2D eigenvalue weighted by molar-refractivity contribution is 0.0978. The lowest BCUT2D eigenvalue weighted by atomic mass is 9.92. The SMILES string of the molecule is O=C1C=C(NCCc2cc(Br)c(O)c(Br)c2)C(=O)c2ccccc21. The first-order valence-corrected chi connectivity index (χ1v) is 8.86. The van der Waals surface area contributed by atoms with E-state index in [1.807, 2.05) is 12.1 Å². The third-order valence-electron chi connectivity index (χ3n) is 3.76. The van der Waals surface area contributed by atoms with E-state index in [0.717, 1.165) is 5.56 Å². The molecular formula is C18H13Br2NO3. The quantitative estimate of drug-likeness (QED) is 0.738. The summed E-state index contributed by atoms with van der Waals surface area (Å²) in [6, 6.07) is 10.5. The predicted molar refractivity (Wildman–Crippen MR) is 98.4 cm³/mol. The Bertz CT molecular complexity index is 851. The summed E-state index contributed by atoms with van der Waals surface area (Å²) in [4.78, 5) is 24.5. The van der Waals surface area contributed by atoms with Crippen molar-refractivity contribution < 1.29 is 14.7 Å². The average Bonchev–Trinajstić information content (AvgIpc) is 2.57. The summed E-state index contributed by atoms with van der Waals surface area (Å²) >= 11 is 6.58. The van der Waals surface area contributed by atoms with Gasteiger partial charge in [0.2, 0.25) is 5.78 Å². The molecule has 0 spiro atoms. The maximum Gasteiger partial charge on any atom is 0.209 e. The van der Waals surface area contributed by atoms with E-state index >= 15 is 0 Å². The van der Waals surface area contributed by atoms with Crippen LogP contribution in [0, 0.1) is 0 Å². The molecule has 0 amide bonds. The van der Waals surface area contributed by atoms with Gasteiger partial charge in [0.1, 0.15) is 5.75 Å². The van der Waals surface area contributed by atoms with E-state index in [9.17, 15) is 14.7 Å². The van der Waals surface area contributed by atoms with Gasteiger partial charge in [-0.2, -0.15) is 0 Å². The monoisotopic (exact) mass is 449 g/mol. The van der Waals surface area contributed by atoms with Gasteiger partial charge in [-0.3, -0.25) is 9.59 Å². The Labute approximate surface area is 155 Å². The Morgan fingerprint density at radius 3 is 2.29 bits per heavy atom. The van der Waals surface area contributed by atoms with E-state index in [1.54, 1.807) is 24.3 Å². The molecule has 0 saturated carbocycles. The third kappa shape index (κ3) is 3.30. The fourth-order valence-corrected chi connectivity index (χ4v) is 3.83. The van der Waals surface area contributed by atoms with Crippen LogP contribution in [0.5, 0.6) is 5.75 Å². The largest absolute Gasteiger partial charge is 0.506 e. The molecule has 1 aliphatic carbocycles. The zero-order valence-electron chi connectivity index (χ0n) is 12.5. The Morgan fingerprint density at radius 2 is 1.62 bits per heavy atom. The smallest absolute Gasteiger partial charge is 0.209 e. The first-order valence-electron chi connectivity index (χ1n) is 7.28. The summed E-state index contributed by atoms with van der Waals surface area (Å²) in [5.41, 5.74) is 2.17. The van der Waals surface area contributed by atoms with E-state index in [0.29, 0.717) is 38.7 Å². The standard InChI is InChI=1S/C18H13Br2NO3/c19-13-7-10(8-14(20)18(13)24)5-6-21-15-9-16(22)11-3-1-2-4-12(11)17(15)23/h1-4,7-9,21,24H,5-6H2. The molecule has 0 fully saturated rings. The number of carbonyl (C=O) groups excluding carboxylic acids is 2. The molecule has 0 aromatic heterocycles. The number of halogens is 2. The molecule has 122 valence electrons. The lowest BCUT2D eigenvalue weighted by Crippen LogP contribution is -2.28. The summed E-state index contributed by atoms with van der Waals surface area (Å²) in [5, 5.41) is 12.8. The number of aromatic hydroxyl groups is 1. The van der Waals surface area contributed by atoms with E-state index in [1.165, 1.54) is 6.08 Å². The minimum atomic E-state index is -0.168. The first-order chi connectivity index (χ1) is 11.5. The fourth-order valence-electron chi connectivity index (χ4n) is 2.55. The summed E-state index contributed by atoms with van der Waals surface area (Å²) in [6.45, 7) is 0.497. The van der Waals surface area contributed by atoms with Crippen LogP contribution >= 0.6 is 31.9 Å². The molecule has 0 saturated heterocycles. The zero-order chi connectivity index (χ0) is 17.3. The number of hydrogen-bond acceptors (Lipinski definition) is 4. The van der Waals surface area contributed by atoms with Crippen LogP contribution in [-0.4, -0.2) is 23.2 Å². The van der Waals surface area contributed by atoms with Gasteiger partial charge in [0.05, 0.1) is 14.6 Å². The highest BCUT2D eigenvalue weighted by Crippen LogP contribution is 2.33. The number of benzene rings is 2. The fraction of sp³-hybridized carbons (Fsp3) is 0.111. The minimum Gasteiger partial charge on any atom is -0.506 e. The van der Waals surface area contributed by atoms with Gasteiger partial charge in [-0.15, -0.1) is 0 Å². The Kier molecular flexibility index (Phi) is 4.87. The highest BCUT2D eigenvalue weighted by atomic mass is 79.9. The molecule has 0 aliphatic heterocycles.